The largest absolute Gasteiger partial charge is 0.493 e. The highest BCUT2D eigenvalue weighted by molar-refractivity contribution is 9.10. The first kappa shape index (κ1) is 34.6. The molecule has 0 unspecified atom stereocenters. The van der Waals surface area contributed by atoms with Gasteiger partial charge in [0.1, 0.15) is 13.2 Å². The van der Waals surface area contributed by atoms with Crippen LogP contribution in [0, 0.1) is 11.3 Å². The van der Waals surface area contributed by atoms with Crippen molar-refractivity contribution in [3.05, 3.63) is 92.6 Å². The Morgan fingerprint density at radius 3 is 2.64 bits per heavy atom. The number of nitriles is 1. The van der Waals surface area contributed by atoms with Gasteiger partial charge in [-0.05, 0) is 49.7 Å². The summed E-state index contributed by atoms with van der Waals surface area (Å²) in [6, 6.07) is 16.5. The van der Waals surface area contributed by atoms with E-state index in [9.17, 15) is 20.0 Å². The van der Waals surface area contributed by atoms with Crippen LogP contribution in [0.25, 0.3) is 0 Å². The Kier molecular flexibility index (Phi) is 12.0. The van der Waals surface area contributed by atoms with E-state index in [1.54, 1.807) is 56.3 Å². The van der Waals surface area contributed by atoms with Crippen molar-refractivity contribution < 1.29 is 38.4 Å². The number of aliphatic hydroxyl groups excluding tert-OH is 1. The number of urea groups is 1. The predicted octanol–water partition coefficient (Wildman–Crippen LogP) is 4.43. The molecule has 13 nitrogen and oxygen atoms in total. The zero-order valence-corrected chi connectivity index (χ0v) is 27.7. The highest BCUT2D eigenvalue weighted by atomic mass is 79.9. The topological polar surface area (TPSA) is 173 Å². The lowest BCUT2D eigenvalue weighted by Crippen LogP contribution is -2.45. The third kappa shape index (κ3) is 8.72. The molecule has 3 aromatic rings. The average Bonchev–Trinajstić information content (AvgIpc) is 3.06. The number of carbonyl (C=O) groups is 2. The van der Waals surface area contributed by atoms with Crippen molar-refractivity contribution in [3.63, 3.8) is 0 Å². The van der Waals surface area contributed by atoms with E-state index in [-0.39, 0.29) is 18.8 Å². The van der Waals surface area contributed by atoms with Crippen LogP contribution in [0.15, 0.2) is 75.4 Å². The molecule has 1 aliphatic heterocycles. The minimum atomic E-state index is -1.22. The highest BCUT2D eigenvalue weighted by Gasteiger charge is 2.32. The summed E-state index contributed by atoms with van der Waals surface area (Å²) in [4.78, 5) is 24.7. The molecule has 0 fully saturated rings. The number of hydrogen-bond acceptors (Lipinski definition) is 11. The van der Waals surface area contributed by atoms with Gasteiger partial charge in [0, 0.05) is 21.3 Å². The quantitative estimate of drug-likeness (QED) is 0.0813. The van der Waals surface area contributed by atoms with Crippen LogP contribution in [-0.2, 0) is 16.1 Å². The van der Waals surface area contributed by atoms with Gasteiger partial charge >= 0.3 is 12.0 Å². The van der Waals surface area contributed by atoms with Gasteiger partial charge in [-0.2, -0.15) is 10.4 Å². The van der Waals surface area contributed by atoms with Crippen molar-refractivity contribution in [1.82, 2.24) is 16.1 Å². The third-order valence-electron chi connectivity index (χ3n) is 6.88. The summed E-state index contributed by atoms with van der Waals surface area (Å²) in [6.07, 6.45) is 0.242. The van der Waals surface area contributed by atoms with Crippen molar-refractivity contribution >= 4 is 34.1 Å². The number of methoxy groups -OCH3 is 2. The van der Waals surface area contributed by atoms with E-state index in [4.69, 9.17) is 23.7 Å². The van der Waals surface area contributed by atoms with Crippen molar-refractivity contribution in [3.8, 4) is 29.1 Å². The number of carbonyl (C=O) groups excluding carboxylic acids is 2. The zero-order chi connectivity index (χ0) is 33.9. The molecule has 0 saturated carbocycles. The molecular weight excluding hydrogens is 674 g/mol. The molecule has 0 aromatic heterocycles. The number of amides is 2. The molecule has 0 saturated heterocycles. The minimum Gasteiger partial charge on any atom is -0.493 e. The first-order valence-electron chi connectivity index (χ1n) is 14.4. The number of halogens is 1. The number of ether oxygens (including phenoxy) is 5. The third-order valence-corrected chi connectivity index (χ3v) is 7.34. The molecular formula is C33H34BrN5O8. The van der Waals surface area contributed by atoms with Crippen molar-refractivity contribution in [2.24, 2.45) is 5.10 Å². The van der Waals surface area contributed by atoms with Crippen LogP contribution in [0.3, 0.4) is 0 Å². The number of esters is 1. The predicted molar refractivity (Wildman–Crippen MR) is 175 cm³/mol. The van der Waals surface area contributed by atoms with Crippen molar-refractivity contribution in [2.75, 3.05) is 27.4 Å². The summed E-state index contributed by atoms with van der Waals surface area (Å²) in [5.74, 6) is 0.922. The maximum atomic E-state index is 12.5. The van der Waals surface area contributed by atoms with Gasteiger partial charge in [-0.15, -0.1) is 0 Å². The molecule has 0 spiro atoms. The van der Waals surface area contributed by atoms with Gasteiger partial charge < -0.3 is 39.4 Å². The Labute approximate surface area is 280 Å². The fourth-order valence-corrected chi connectivity index (χ4v) is 5.17. The van der Waals surface area contributed by atoms with Gasteiger partial charge in [0.2, 0.25) is 0 Å². The fraction of sp³-hybridized carbons (Fsp3) is 0.273. The minimum absolute atomic E-state index is 0.122. The zero-order valence-electron chi connectivity index (χ0n) is 26.1. The summed E-state index contributed by atoms with van der Waals surface area (Å²) in [6.45, 7) is 3.65. The number of nitrogens with one attached hydrogen (secondary N) is 3. The molecule has 1 heterocycles. The van der Waals surface area contributed by atoms with E-state index in [0.717, 1.165) is 0 Å². The van der Waals surface area contributed by atoms with E-state index in [0.29, 0.717) is 62.0 Å². The monoisotopic (exact) mass is 707 g/mol. The Hall–Kier alpha value is -5.26. The second kappa shape index (κ2) is 16.3. The number of aliphatic hydroxyl groups is 1. The summed E-state index contributed by atoms with van der Waals surface area (Å²) < 4.78 is 28.8. The second-order valence-electron chi connectivity index (χ2n) is 10.00. The van der Waals surface area contributed by atoms with Gasteiger partial charge in [-0.3, -0.25) is 5.43 Å². The van der Waals surface area contributed by atoms with Crippen LogP contribution < -0.4 is 35.0 Å². The van der Waals surface area contributed by atoms with Gasteiger partial charge in [0.15, 0.2) is 29.2 Å². The Balaban J connectivity index is 1.45. The normalized spacial score (nSPS) is 14.8. The number of nitrogens with zero attached hydrogens (tertiary/aromatic N) is 2. The van der Waals surface area contributed by atoms with E-state index >= 15 is 0 Å². The van der Waals surface area contributed by atoms with E-state index in [2.05, 4.69) is 43.2 Å². The Bertz CT molecular complexity index is 1720. The smallest absolute Gasteiger partial charge is 0.337 e. The van der Waals surface area contributed by atoms with Crippen LogP contribution >= 0.6 is 15.9 Å². The number of allylic oxidation sites excluding steroid dienone is 1. The maximum Gasteiger partial charge on any atom is 0.337 e. The summed E-state index contributed by atoms with van der Waals surface area (Å²) in [7, 11) is 2.78. The summed E-state index contributed by atoms with van der Waals surface area (Å²) >= 11 is 3.46. The molecule has 3 aromatic carbocycles. The average molecular weight is 709 g/mol. The van der Waals surface area contributed by atoms with Crippen LogP contribution in [0.2, 0.25) is 0 Å². The van der Waals surface area contributed by atoms with Crippen molar-refractivity contribution in [1.29, 1.82) is 5.26 Å². The molecule has 14 heteroatoms. The summed E-state index contributed by atoms with van der Waals surface area (Å²) in [5, 5.41) is 29.5. The van der Waals surface area contributed by atoms with Gasteiger partial charge in [-0.1, -0.05) is 40.2 Å². The second-order valence-corrected chi connectivity index (χ2v) is 10.9. The van der Waals surface area contributed by atoms with Gasteiger partial charge in [0.05, 0.1) is 50.3 Å². The van der Waals surface area contributed by atoms with Crippen molar-refractivity contribution in [2.45, 2.75) is 32.7 Å². The van der Waals surface area contributed by atoms with E-state index in [1.807, 2.05) is 12.1 Å². The van der Waals surface area contributed by atoms with E-state index < -0.39 is 24.3 Å². The maximum absolute atomic E-state index is 12.5. The number of hydrazone groups is 1. The van der Waals surface area contributed by atoms with Gasteiger partial charge in [0.25, 0.3) is 0 Å². The molecule has 0 aliphatic carbocycles. The lowest BCUT2D eigenvalue weighted by atomic mass is 9.95. The van der Waals surface area contributed by atoms with Crippen LogP contribution in [0.4, 0.5) is 4.79 Å². The fourth-order valence-electron chi connectivity index (χ4n) is 4.71. The number of benzene rings is 3. The molecule has 1 aliphatic rings. The highest BCUT2D eigenvalue weighted by Crippen LogP contribution is 2.36. The number of rotatable bonds is 14. The molecule has 0 bridgehead atoms. The molecule has 2 amide bonds. The van der Waals surface area contributed by atoms with Gasteiger partial charge in [-0.25, -0.2) is 9.59 Å². The molecule has 0 radical (unpaired) electrons. The molecule has 4 rings (SSSR count). The summed E-state index contributed by atoms with van der Waals surface area (Å²) in [5.41, 5.74) is 5.57. The first-order valence-corrected chi connectivity index (χ1v) is 15.2. The molecule has 4 N–H and O–H groups in total. The van der Waals surface area contributed by atoms with Crippen LogP contribution in [0.1, 0.15) is 42.1 Å². The molecule has 246 valence electrons. The lowest BCUT2D eigenvalue weighted by Gasteiger charge is -2.28. The van der Waals surface area contributed by atoms with E-state index in [1.165, 1.54) is 20.4 Å². The standard InChI is InChI=1S/C33H34BrN5O8/c1-5-45-26-13-20(30-29(32(41)44-4)19(2)37-33(42)38-30)10-11-25(26)46-18-28(40)39-36-16-23-12-24(34)14-27(43-3)31(23)47-17-22-9-7-6-8-21(22)15-35/h6-14,16,28,30,39-40H,5,17-18H2,1-4H3,(H2,37,38,42)/b36-16+/t28-,30-/m1/s1. The van der Waals surface area contributed by atoms with Crippen LogP contribution in [0.5, 0.6) is 23.0 Å². The van der Waals surface area contributed by atoms with Crippen LogP contribution in [-0.4, -0.2) is 57.0 Å². The SMILES string of the molecule is CCOc1cc([C@H]2NC(=O)NC(C)=C2C(=O)OC)ccc1OC[C@@H](O)N/N=C/c1cc(Br)cc(OC)c1OCc1ccccc1C#N. The number of hydrogen-bond donors (Lipinski definition) is 4. The molecule has 47 heavy (non-hydrogen) atoms. The first-order chi connectivity index (χ1) is 22.7. The molecule has 2 atom stereocenters. The lowest BCUT2D eigenvalue weighted by molar-refractivity contribution is -0.136. The Morgan fingerprint density at radius 1 is 1.13 bits per heavy atom. The Morgan fingerprint density at radius 2 is 1.91 bits per heavy atom.